The van der Waals surface area contributed by atoms with Crippen LogP contribution >= 0.6 is 15.9 Å². The molecular weight excluding hydrogens is 500 g/mol. The monoisotopic (exact) mass is 526 g/mol. The van der Waals surface area contributed by atoms with E-state index in [0.717, 1.165) is 15.6 Å². The Labute approximate surface area is 207 Å². The minimum atomic E-state index is -0.0213. The summed E-state index contributed by atoms with van der Waals surface area (Å²) in [5.41, 5.74) is 4.46. The third-order valence-electron chi connectivity index (χ3n) is 4.61. The summed E-state index contributed by atoms with van der Waals surface area (Å²) >= 11 is 3.22. The number of phenolic OH excluding ortho intramolecular Hbond substituents is 2. The Morgan fingerprint density at radius 3 is 1.62 bits per heavy atom. The van der Waals surface area contributed by atoms with E-state index in [9.17, 15) is 5.11 Å². The average Bonchev–Trinajstić information content (AvgIpc) is 2.85. The normalized spacial score (nSPS) is 9.88. The summed E-state index contributed by atoms with van der Waals surface area (Å²) in [5, 5.41) is 35.2. The van der Waals surface area contributed by atoms with Crippen LogP contribution in [0.3, 0.4) is 0 Å². The molecule has 0 spiro atoms. The second kappa shape index (κ2) is 14.8. The minimum absolute atomic E-state index is 0.00866. The zero-order valence-corrected chi connectivity index (χ0v) is 20.2. The molecule has 0 fully saturated rings. The smallest absolute Gasteiger partial charge is 0.121 e. The van der Waals surface area contributed by atoms with Gasteiger partial charge in [0.2, 0.25) is 0 Å². The van der Waals surface area contributed by atoms with E-state index in [2.05, 4.69) is 44.8 Å². The summed E-state index contributed by atoms with van der Waals surface area (Å²) in [6.07, 6.45) is 0. The van der Waals surface area contributed by atoms with E-state index >= 15 is 0 Å². The maximum Gasteiger partial charge on any atom is 0.121 e. The van der Waals surface area contributed by atoms with Gasteiger partial charge in [0.1, 0.15) is 24.7 Å². The Balaban J connectivity index is 0.000000196. The van der Waals surface area contributed by atoms with Gasteiger partial charge >= 0.3 is 0 Å². The maximum atomic E-state index is 9.52. The van der Waals surface area contributed by atoms with Crippen LogP contribution in [0.15, 0.2) is 102 Å². The van der Waals surface area contributed by atoms with Gasteiger partial charge in [0.05, 0.1) is 0 Å². The summed E-state index contributed by atoms with van der Waals surface area (Å²) in [6, 6.07) is 30.2. The molecule has 4 N–H and O–H groups in total. The van der Waals surface area contributed by atoms with Crippen LogP contribution in [0.4, 0.5) is 0 Å². The van der Waals surface area contributed by atoms with Gasteiger partial charge in [0, 0.05) is 15.6 Å². The lowest BCUT2D eigenvalue weighted by Gasteiger charge is -2.06. The molecule has 0 amide bonds. The zero-order valence-electron chi connectivity index (χ0n) is 18.6. The molecule has 0 aliphatic rings. The van der Waals surface area contributed by atoms with E-state index in [4.69, 9.17) is 15.6 Å². The van der Waals surface area contributed by atoms with E-state index in [0.29, 0.717) is 11.1 Å². The predicted molar refractivity (Wildman–Crippen MR) is 135 cm³/mol. The molecular formula is C27H27BrO6. The molecule has 0 bridgehead atoms. The summed E-state index contributed by atoms with van der Waals surface area (Å²) in [5.74, 6) is 0.232. The van der Waals surface area contributed by atoms with Crippen LogP contribution < -0.4 is 0 Å². The van der Waals surface area contributed by atoms with Gasteiger partial charge in [0.25, 0.3) is 0 Å². The topological polar surface area (TPSA) is 99.4 Å². The Hall–Kier alpha value is -3.20. The van der Waals surface area contributed by atoms with Gasteiger partial charge in [-0.3, -0.25) is 10.5 Å². The molecule has 6 nitrogen and oxygen atoms in total. The van der Waals surface area contributed by atoms with Crippen LogP contribution in [0.5, 0.6) is 11.5 Å². The van der Waals surface area contributed by atoms with E-state index < -0.39 is 0 Å². The molecule has 0 saturated carbocycles. The van der Waals surface area contributed by atoms with E-state index in [1.165, 1.54) is 11.6 Å². The van der Waals surface area contributed by atoms with Crippen LogP contribution in [0.2, 0.25) is 0 Å². The first-order valence-corrected chi connectivity index (χ1v) is 11.1. The van der Waals surface area contributed by atoms with Crippen LogP contribution in [0, 0.1) is 6.92 Å². The zero-order chi connectivity index (χ0) is 24.8. The number of halogens is 1. The van der Waals surface area contributed by atoms with Crippen molar-refractivity contribution in [2.75, 3.05) is 0 Å². The van der Waals surface area contributed by atoms with Crippen molar-refractivity contribution in [2.24, 2.45) is 0 Å². The summed E-state index contributed by atoms with van der Waals surface area (Å²) in [4.78, 5) is 7.92. The molecule has 4 aromatic rings. The predicted octanol–water partition coefficient (Wildman–Crippen LogP) is 7.19. The standard InChI is InChI=1S/C13H12O3.C7H7BrO3.C7H8/c14-13-7-6-11(8-12(13)9-16-15)10-4-2-1-3-5-10;8-6-1-2-7(9)5(3-6)4-11-10;1-7-5-3-2-4-6-7/h1-8,14-15H,9H2;1-3,9-10H,4H2;2-6H,1H3. The van der Waals surface area contributed by atoms with Crippen molar-refractivity contribution in [3.05, 3.63) is 118 Å². The highest BCUT2D eigenvalue weighted by molar-refractivity contribution is 9.10. The van der Waals surface area contributed by atoms with Gasteiger partial charge in [-0.25, -0.2) is 9.78 Å². The van der Waals surface area contributed by atoms with Crippen LogP contribution in [0.25, 0.3) is 11.1 Å². The third kappa shape index (κ3) is 9.35. The fourth-order valence-electron chi connectivity index (χ4n) is 2.85. The average molecular weight is 527 g/mol. The molecule has 34 heavy (non-hydrogen) atoms. The lowest BCUT2D eigenvalue weighted by atomic mass is 10.0. The quantitative estimate of drug-likeness (QED) is 0.162. The number of hydrogen-bond acceptors (Lipinski definition) is 6. The summed E-state index contributed by atoms with van der Waals surface area (Å²) in [6.45, 7) is 2.05. The van der Waals surface area contributed by atoms with Crippen molar-refractivity contribution < 1.29 is 30.5 Å². The number of rotatable bonds is 5. The van der Waals surface area contributed by atoms with Crippen molar-refractivity contribution in [1.82, 2.24) is 0 Å². The van der Waals surface area contributed by atoms with Crippen LogP contribution in [0.1, 0.15) is 16.7 Å². The lowest BCUT2D eigenvalue weighted by molar-refractivity contribution is -0.253. The van der Waals surface area contributed by atoms with Gasteiger partial charge in [-0.1, -0.05) is 88.2 Å². The molecule has 0 heterocycles. The molecule has 0 radical (unpaired) electrons. The fourth-order valence-corrected chi connectivity index (χ4v) is 3.26. The third-order valence-corrected chi connectivity index (χ3v) is 5.10. The maximum absolute atomic E-state index is 9.52. The molecule has 0 atom stereocenters. The van der Waals surface area contributed by atoms with Crippen molar-refractivity contribution in [2.45, 2.75) is 20.1 Å². The van der Waals surface area contributed by atoms with Gasteiger partial charge in [-0.2, -0.15) is 0 Å². The van der Waals surface area contributed by atoms with Crippen molar-refractivity contribution >= 4 is 15.9 Å². The SMILES string of the molecule is Cc1ccccc1.OOCc1cc(-c2ccccc2)ccc1O.OOCc1cc(Br)ccc1O. The lowest BCUT2D eigenvalue weighted by Crippen LogP contribution is -1.89. The van der Waals surface area contributed by atoms with Gasteiger partial charge in [-0.05, 0) is 48.4 Å². The summed E-state index contributed by atoms with van der Waals surface area (Å²) < 4.78 is 0.836. The number of phenols is 2. The van der Waals surface area contributed by atoms with Crippen molar-refractivity contribution in [3.63, 3.8) is 0 Å². The highest BCUT2D eigenvalue weighted by Crippen LogP contribution is 2.26. The first-order chi connectivity index (χ1) is 16.4. The molecule has 7 heteroatoms. The Morgan fingerprint density at radius 1 is 0.618 bits per heavy atom. The second-order valence-electron chi connectivity index (χ2n) is 7.18. The Kier molecular flexibility index (Phi) is 11.8. The first-order valence-electron chi connectivity index (χ1n) is 10.3. The number of benzene rings is 4. The summed E-state index contributed by atoms with van der Waals surface area (Å²) in [7, 11) is 0. The largest absolute Gasteiger partial charge is 0.508 e. The molecule has 0 unspecified atom stereocenters. The number of aryl methyl sites for hydroxylation is 1. The molecule has 0 saturated heterocycles. The Bertz CT molecular complexity index is 1120. The van der Waals surface area contributed by atoms with Gasteiger partial charge in [0.15, 0.2) is 0 Å². The number of hydrogen-bond donors (Lipinski definition) is 4. The van der Waals surface area contributed by atoms with Gasteiger partial charge < -0.3 is 10.2 Å². The highest BCUT2D eigenvalue weighted by Gasteiger charge is 2.04. The van der Waals surface area contributed by atoms with Crippen molar-refractivity contribution in [1.29, 1.82) is 0 Å². The van der Waals surface area contributed by atoms with Gasteiger partial charge in [-0.15, -0.1) is 0 Å². The molecule has 4 rings (SSSR count). The van der Waals surface area contributed by atoms with Crippen molar-refractivity contribution in [3.8, 4) is 22.6 Å². The molecule has 0 aliphatic carbocycles. The van der Waals surface area contributed by atoms with E-state index in [-0.39, 0.29) is 24.7 Å². The fraction of sp³-hybridized carbons (Fsp3) is 0.111. The Morgan fingerprint density at radius 2 is 1.12 bits per heavy atom. The molecule has 178 valence electrons. The molecule has 4 aromatic carbocycles. The first kappa shape index (κ1) is 27.0. The second-order valence-corrected chi connectivity index (χ2v) is 8.10. The molecule has 0 aliphatic heterocycles. The van der Waals surface area contributed by atoms with Crippen LogP contribution in [-0.2, 0) is 23.0 Å². The highest BCUT2D eigenvalue weighted by atomic mass is 79.9. The van der Waals surface area contributed by atoms with E-state index in [1.807, 2.05) is 54.6 Å². The molecule has 0 aromatic heterocycles. The van der Waals surface area contributed by atoms with E-state index in [1.54, 1.807) is 24.3 Å². The number of aromatic hydroxyl groups is 2. The minimum Gasteiger partial charge on any atom is -0.508 e. The van der Waals surface area contributed by atoms with Crippen LogP contribution in [-0.4, -0.2) is 20.7 Å².